The second-order valence-electron chi connectivity index (χ2n) is 24.4. The molecule has 94 heavy (non-hydrogen) atoms. The zero-order chi connectivity index (χ0) is 62.1. The monoisotopic (exact) mass is 1190 g/mol. The second-order valence-corrected chi connectivity index (χ2v) is 24.4. The fraction of sp³-hybridized carbons (Fsp3) is 0. The molecule has 0 saturated carbocycles. The molecule has 4 heterocycles. The number of fused-ring (bicyclic) bond motifs is 10. The van der Waals surface area contributed by atoms with Crippen LogP contribution < -0.4 is 0 Å². The van der Waals surface area contributed by atoms with Gasteiger partial charge in [0.25, 0.3) is 0 Å². The van der Waals surface area contributed by atoms with E-state index in [1.165, 1.54) is 91.6 Å². The van der Waals surface area contributed by atoms with E-state index in [0.717, 1.165) is 83.4 Å². The van der Waals surface area contributed by atoms with Crippen LogP contribution >= 0.6 is 0 Å². The molecule has 0 fully saturated rings. The molecule has 436 valence electrons. The van der Waals surface area contributed by atoms with Crippen molar-refractivity contribution < 1.29 is 0 Å². The van der Waals surface area contributed by atoms with E-state index in [-0.39, 0.29) is 0 Å². The van der Waals surface area contributed by atoms with Gasteiger partial charge in [-0.2, -0.15) is 0 Å². The Bertz CT molecular complexity index is 5980. The number of pyridine rings is 2. The first-order valence-corrected chi connectivity index (χ1v) is 31.7. The number of hydrogen-bond donors (Lipinski definition) is 0. The number of rotatable bonds is 7. The number of nitrogens with zero attached hydrogens (tertiary/aromatic N) is 6. The number of hydrogen-bond acceptors (Lipinski definition) is 6. The Morgan fingerprint density at radius 3 is 0.734 bits per heavy atom. The summed E-state index contributed by atoms with van der Waals surface area (Å²) in [6, 6.07) is 108. The molecule has 0 bridgehead atoms. The van der Waals surface area contributed by atoms with E-state index < -0.39 is 0 Å². The molecule has 0 aliphatic carbocycles. The second kappa shape index (κ2) is 22.7. The summed E-state index contributed by atoms with van der Waals surface area (Å²) in [6.45, 7) is 0. The van der Waals surface area contributed by atoms with Crippen LogP contribution in [0, 0.1) is 0 Å². The molecule has 4 aromatic heterocycles. The number of benzene rings is 15. The summed E-state index contributed by atoms with van der Waals surface area (Å²) in [4.78, 5) is 29.2. The van der Waals surface area contributed by atoms with Crippen LogP contribution in [0.2, 0.25) is 0 Å². The quantitative estimate of drug-likeness (QED) is 0.148. The lowest BCUT2D eigenvalue weighted by atomic mass is 9.98. The van der Waals surface area contributed by atoms with Gasteiger partial charge in [-0.15, -0.1) is 0 Å². The first kappa shape index (κ1) is 54.3. The van der Waals surface area contributed by atoms with Crippen molar-refractivity contribution in [2.75, 3.05) is 0 Å². The lowest BCUT2D eigenvalue weighted by Gasteiger charge is -2.12. The minimum absolute atomic E-state index is 0.700. The molecule has 19 aromatic rings. The highest BCUT2D eigenvalue weighted by Crippen LogP contribution is 2.37. The molecule has 0 N–H and O–H groups in total. The Morgan fingerprint density at radius 2 is 0.383 bits per heavy atom. The zero-order valence-electron chi connectivity index (χ0n) is 50.9. The molecule has 0 amide bonds. The summed E-state index contributed by atoms with van der Waals surface area (Å²) in [5, 5.41) is 24.0. The fourth-order valence-electron chi connectivity index (χ4n) is 13.4. The Hall–Kier alpha value is -12.6. The van der Waals surface area contributed by atoms with E-state index in [1.807, 2.05) is 30.9 Å². The summed E-state index contributed by atoms with van der Waals surface area (Å²) >= 11 is 0. The van der Waals surface area contributed by atoms with E-state index in [9.17, 15) is 0 Å². The fourth-order valence-corrected chi connectivity index (χ4v) is 13.4. The molecule has 6 nitrogen and oxygen atoms in total. The van der Waals surface area contributed by atoms with E-state index in [0.29, 0.717) is 11.6 Å². The highest BCUT2D eigenvalue weighted by molar-refractivity contribution is 6.04. The first-order chi connectivity index (χ1) is 46.4. The standard InChI is InChI=1S/C47H29N3.C41H25N3/c1-3-7-34-24-43-26-40(16-13-37(43)21-32(34)5-1)45-28-46(41-17-14-38-22-33-6-2-4-8-35(33)25-44(38)27-41)50-47(49-45)31-11-9-30(10-12-31)36-15-18-42-29-48-20-19-39(42)23-36;1-3-7-28-20-37-22-33(11-9-30(37)17-26(28)5-1)39-24-40(44-41(43-39)35-13-14-36-25-42-16-15-32(36)19-35)34-12-10-31-18-27-6-2-4-8-29(27)21-38(31)23-34/h1-29H;1-25H. The minimum atomic E-state index is 0.700. The summed E-state index contributed by atoms with van der Waals surface area (Å²) in [5.74, 6) is 1.40. The highest BCUT2D eigenvalue weighted by Gasteiger charge is 2.16. The van der Waals surface area contributed by atoms with Crippen LogP contribution in [0.15, 0.2) is 328 Å². The molecule has 0 unspecified atom stereocenters. The Kier molecular flexibility index (Phi) is 13.1. The van der Waals surface area contributed by atoms with Gasteiger partial charge in [-0.3, -0.25) is 9.97 Å². The van der Waals surface area contributed by atoms with Gasteiger partial charge in [0.05, 0.1) is 22.8 Å². The maximum atomic E-state index is 5.20. The van der Waals surface area contributed by atoms with Crippen LogP contribution in [0.1, 0.15) is 0 Å². The smallest absolute Gasteiger partial charge is 0.160 e. The van der Waals surface area contributed by atoms with Crippen molar-refractivity contribution in [2.45, 2.75) is 0 Å². The van der Waals surface area contributed by atoms with Crippen LogP contribution in [0.3, 0.4) is 0 Å². The minimum Gasteiger partial charge on any atom is -0.264 e. The van der Waals surface area contributed by atoms with Gasteiger partial charge in [0, 0.05) is 68.9 Å². The van der Waals surface area contributed by atoms with Crippen molar-refractivity contribution in [3.8, 4) is 78.9 Å². The Labute approximate surface area is 541 Å². The van der Waals surface area contributed by atoms with Gasteiger partial charge < -0.3 is 0 Å². The normalized spacial score (nSPS) is 11.6. The summed E-state index contributed by atoms with van der Waals surface area (Å²) < 4.78 is 0. The van der Waals surface area contributed by atoms with Gasteiger partial charge in [-0.05, 0) is 217 Å². The van der Waals surface area contributed by atoms with Crippen LogP contribution in [0.25, 0.3) is 187 Å². The van der Waals surface area contributed by atoms with E-state index in [1.54, 1.807) is 0 Å². The van der Waals surface area contributed by atoms with Crippen molar-refractivity contribution in [1.29, 1.82) is 0 Å². The zero-order valence-corrected chi connectivity index (χ0v) is 50.9. The lowest BCUT2D eigenvalue weighted by Crippen LogP contribution is -1.96. The van der Waals surface area contributed by atoms with Crippen LogP contribution in [-0.4, -0.2) is 29.9 Å². The molecule has 0 radical (unpaired) electrons. The van der Waals surface area contributed by atoms with Gasteiger partial charge >= 0.3 is 0 Å². The van der Waals surface area contributed by atoms with Gasteiger partial charge in [0.15, 0.2) is 11.6 Å². The van der Waals surface area contributed by atoms with Gasteiger partial charge in [-0.1, -0.05) is 194 Å². The molecule has 15 aromatic carbocycles. The van der Waals surface area contributed by atoms with Crippen molar-refractivity contribution in [3.63, 3.8) is 0 Å². The third-order valence-corrected chi connectivity index (χ3v) is 18.5. The summed E-state index contributed by atoms with van der Waals surface area (Å²) in [6.07, 6.45) is 7.46. The van der Waals surface area contributed by atoms with Crippen molar-refractivity contribution >= 4 is 108 Å². The molecule has 0 atom stereocenters. The Balaban J connectivity index is 0.000000139. The third-order valence-electron chi connectivity index (χ3n) is 18.5. The lowest BCUT2D eigenvalue weighted by molar-refractivity contribution is 1.18. The molecule has 19 rings (SSSR count). The van der Waals surface area contributed by atoms with Gasteiger partial charge in [0.2, 0.25) is 0 Å². The van der Waals surface area contributed by atoms with Gasteiger partial charge in [-0.25, -0.2) is 19.9 Å². The molecular weight excluding hydrogens is 1140 g/mol. The topological polar surface area (TPSA) is 77.3 Å². The molecule has 6 heteroatoms. The van der Waals surface area contributed by atoms with Crippen molar-refractivity contribution in [1.82, 2.24) is 29.9 Å². The van der Waals surface area contributed by atoms with Crippen molar-refractivity contribution in [3.05, 3.63) is 328 Å². The molecule has 0 aliphatic heterocycles. The molecular formula is C88H54N6. The number of aromatic nitrogens is 6. The molecule has 0 saturated heterocycles. The summed E-state index contributed by atoms with van der Waals surface area (Å²) in [7, 11) is 0. The average molecular weight is 1200 g/mol. The maximum absolute atomic E-state index is 5.20. The van der Waals surface area contributed by atoms with E-state index in [2.05, 4.69) is 307 Å². The van der Waals surface area contributed by atoms with Crippen LogP contribution in [0.5, 0.6) is 0 Å². The highest BCUT2D eigenvalue weighted by atomic mass is 14.9. The van der Waals surface area contributed by atoms with Gasteiger partial charge in [0.1, 0.15) is 0 Å². The Morgan fingerprint density at radius 1 is 0.149 bits per heavy atom. The summed E-state index contributed by atoms with van der Waals surface area (Å²) in [5.41, 5.74) is 12.1. The predicted octanol–water partition coefficient (Wildman–Crippen LogP) is 22.9. The first-order valence-electron chi connectivity index (χ1n) is 31.7. The van der Waals surface area contributed by atoms with Crippen LogP contribution in [-0.2, 0) is 0 Å². The third kappa shape index (κ3) is 10.3. The largest absolute Gasteiger partial charge is 0.264 e. The molecule has 0 spiro atoms. The van der Waals surface area contributed by atoms with E-state index >= 15 is 0 Å². The average Bonchev–Trinajstić information content (AvgIpc) is 0.822. The SMILES string of the molecule is c1ccc2cc3cc(-c4cc(-c5ccc6cc7ccccc7cc6c5)nc(-c5ccc(-c6ccc7cnccc7c6)cc5)n4)ccc3cc2c1.c1ccc2cc3cc(-c4cc(-c5ccc6cc7ccccc7cc6c5)nc(-c5ccc6cnccc6c5)n4)ccc3cc2c1. The predicted molar refractivity (Wildman–Crippen MR) is 393 cm³/mol. The maximum Gasteiger partial charge on any atom is 0.160 e. The van der Waals surface area contributed by atoms with Crippen molar-refractivity contribution in [2.24, 2.45) is 0 Å². The van der Waals surface area contributed by atoms with Crippen LogP contribution in [0.4, 0.5) is 0 Å². The molecule has 0 aliphatic rings. The van der Waals surface area contributed by atoms with E-state index in [4.69, 9.17) is 19.9 Å².